The monoisotopic (exact) mass is 419 g/mol. The summed E-state index contributed by atoms with van der Waals surface area (Å²) in [5.41, 5.74) is 2.79. The van der Waals surface area contributed by atoms with Crippen LogP contribution in [0, 0.1) is 11.8 Å². The summed E-state index contributed by atoms with van der Waals surface area (Å²) >= 11 is 0. The van der Waals surface area contributed by atoms with E-state index in [0.717, 1.165) is 17.7 Å². The van der Waals surface area contributed by atoms with Gasteiger partial charge in [0.05, 0.1) is 0 Å². The van der Waals surface area contributed by atoms with Gasteiger partial charge in [-0.3, -0.25) is 14.4 Å². The first-order valence-electron chi connectivity index (χ1n) is 11.3. The van der Waals surface area contributed by atoms with E-state index in [1.807, 2.05) is 45.9 Å². The molecule has 162 valence electrons. The molecule has 0 N–H and O–H groups in total. The Labute approximate surface area is 182 Å². The van der Waals surface area contributed by atoms with E-state index >= 15 is 0 Å². The molecule has 4 heterocycles. The van der Waals surface area contributed by atoms with Crippen LogP contribution in [-0.4, -0.2) is 45.3 Å². The number of piperidine rings is 1. The van der Waals surface area contributed by atoms with Crippen molar-refractivity contribution < 1.29 is 9.59 Å². The van der Waals surface area contributed by atoms with Crippen LogP contribution >= 0.6 is 0 Å². The Morgan fingerprint density at radius 3 is 2.61 bits per heavy atom. The summed E-state index contributed by atoms with van der Waals surface area (Å²) < 4.78 is 1.88. The molecule has 3 atom stereocenters. The van der Waals surface area contributed by atoms with Crippen molar-refractivity contribution >= 4 is 11.8 Å². The summed E-state index contributed by atoms with van der Waals surface area (Å²) in [5.74, 6) is 0.770. The zero-order chi connectivity index (χ0) is 21.7. The highest BCUT2D eigenvalue weighted by Crippen LogP contribution is 2.36. The Balaban J connectivity index is 1.41. The molecule has 3 aliphatic rings. The van der Waals surface area contributed by atoms with Crippen LogP contribution in [0.2, 0.25) is 0 Å². The van der Waals surface area contributed by atoms with Gasteiger partial charge in [-0.2, -0.15) is 0 Å². The molecule has 1 saturated heterocycles. The number of fused-ring (bicyclic) bond motifs is 5. The second-order valence-corrected chi connectivity index (χ2v) is 9.68. The van der Waals surface area contributed by atoms with Crippen molar-refractivity contribution in [1.29, 1.82) is 0 Å². The van der Waals surface area contributed by atoms with E-state index in [9.17, 15) is 14.4 Å². The van der Waals surface area contributed by atoms with Crippen LogP contribution in [-0.2, 0) is 17.9 Å². The summed E-state index contributed by atoms with van der Waals surface area (Å²) in [5, 5.41) is 0. The summed E-state index contributed by atoms with van der Waals surface area (Å²) in [6, 6.07) is 12.7. The molecule has 2 amide bonds. The van der Waals surface area contributed by atoms with E-state index < -0.39 is 6.04 Å². The van der Waals surface area contributed by atoms with E-state index in [2.05, 4.69) is 13.8 Å². The van der Waals surface area contributed by atoms with Crippen molar-refractivity contribution in [3.05, 3.63) is 69.6 Å². The Hall–Kier alpha value is -2.89. The zero-order valence-electron chi connectivity index (χ0n) is 18.2. The van der Waals surface area contributed by atoms with Gasteiger partial charge in [0.15, 0.2) is 0 Å². The van der Waals surface area contributed by atoms with Crippen LogP contribution in [0.3, 0.4) is 0 Å². The lowest BCUT2D eigenvalue weighted by Gasteiger charge is -2.44. The third-order valence-electron chi connectivity index (χ3n) is 7.00. The number of benzene rings is 1. The number of rotatable bonds is 4. The molecule has 2 bridgehead atoms. The Kier molecular flexibility index (Phi) is 4.95. The van der Waals surface area contributed by atoms with Crippen molar-refractivity contribution in [3.63, 3.8) is 0 Å². The molecular formula is C25H29N3O3. The van der Waals surface area contributed by atoms with E-state index in [0.29, 0.717) is 44.1 Å². The van der Waals surface area contributed by atoms with Gasteiger partial charge in [0, 0.05) is 49.4 Å². The number of nitrogens with zero attached hydrogens (tertiary/aromatic N) is 3. The molecule has 6 nitrogen and oxygen atoms in total. The van der Waals surface area contributed by atoms with Crippen molar-refractivity contribution in [2.24, 2.45) is 11.8 Å². The van der Waals surface area contributed by atoms with Crippen molar-refractivity contribution in [1.82, 2.24) is 14.4 Å². The van der Waals surface area contributed by atoms with Crippen LogP contribution < -0.4 is 5.56 Å². The van der Waals surface area contributed by atoms with Crippen molar-refractivity contribution in [3.8, 4) is 0 Å². The van der Waals surface area contributed by atoms with Gasteiger partial charge in [-0.15, -0.1) is 0 Å². The Morgan fingerprint density at radius 2 is 1.84 bits per heavy atom. The average Bonchev–Trinajstić information content (AvgIpc) is 3.08. The molecule has 2 unspecified atom stereocenters. The molecule has 1 fully saturated rings. The standard InChI is InChI=1S/C25H29N3O3/c1-16(2)10-22(28-15-18-6-3-4-7-20(18)24(28)30)25(31)26-12-17-11-19(14-26)21-8-5-9-23(29)27(21)13-17/h3-9,16-17,19,22H,10-15H2,1-2H3/t17?,19?,22-/m0/s1. The summed E-state index contributed by atoms with van der Waals surface area (Å²) in [6.45, 7) is 6.63. The van der Waals surface area contributed by atoms with Crippen LogP contribution in [0.4, 0.5) is 0 Å². The zero-order valence-corrected chi connectivity index (χ0v) is 18.2. The SMILES string of the molecule is CC(C)C[C@@H](C(=O)N1CC2CC(C1)c1cccc(=O)n1C2)N1Cc2ccccc2C1=O. The first kappa shape index (κ1) is 20.0. The summed E-state index contributed by atoms with van der Waals surface area (Å²) in [6.07, 6.45) is 1.66. The van der Waals surface area contributed by atoms with Gasteiger partial charge >= 0.3 is 0 Å². The minimum Gasteiger partial charge on any atom is -0.340 e. The maximum atomic E-state index is 13.8. The number of likely N-dealkylation sites (tertiary alicyclic amines) is 1. The molecule has 0 aliphatic carbocycles. The second kappa shape index (κ2) is 7.66. The summed E-state index contributed by atoms with van der Waals surface area (Å²) in [4.78, 5) is 42.9. The largest absolute Gasteiger partial charge is 0.340 e. The predicted molar refractivity (Wildman–Crippen MR) is 118 cm³/mol. The van der Waals surface area contributed by atoms with E-state index in [1.165, 1.54) is 0 Å². The fourth-order valence-corrected chi connectivity index (χ4v) is 5.62. The van der Waals surface area contributed by atoms with Gasteiger partial charge in [0.1, 0.15) is 6.04 Å². The van der Waals surface area contributed by atoms with Gasteiger partial charge in [-0.05, 0) is 42.4 Å². The van der Waals surface area contributed by atoms with Crippen LogP contribution in [0.25, 0.3) is 0 Å². The molecule has 0 radical (unpaired) electrons. The smallest absolute Gasteiger partial charge is 0.255 e. The van der Waals surface area contributed by atoms with E-state index in [4.69, 9.17) is 0 Å². The molecular weight excluding hydrogens is 390 g/mol. The fourth-order valence-electron chi connectivity index (χ4n) is 5.62. The molecule has 31 heavy (non-hydrogen) atoms. The lowest BCUT2D eigenvalue weighted by atomic mass is 9.82. The van der Waals surface area contributed by atoms with Gasteiger partial charge in [0.25, 0.3) is 11.5 Å². The maximum Gasteiger partial charge on any atom is 0.255 e. The number of aromatic nitrogens is 1. The number of amides is 2. The first-order chi connectivity index (χ1) is 14.9. The quantitative estimate of drug-likeness (QED) is 0.766. The van der Waals surface area contributed by atoms with Crippen LogP contribution in [0.1, 0.15) is 54.2 Å². The Morgan fingerprint density at radius 1 is 1.03 bits per heavy atom. The molecule has 1 aromatic heterocycles. The van der Waals surface area contributed by atoms with E-state index in [-0.39, 0.29) is 29.2 Å². The molecule has 2 aromatic rings. The van der Waals surface area contributed by atoms with Crippen LogP contribution in [0.15, 0.2) is 47.3 Å². The lowest BCUT2D eigenvalue weighted by Crippen LogP contribution is -2.55. The molecule has 3 aliphatic heterocycles. The maximum absolute atomic E-state index is 13.8. The van der Waals surface area contributed by atoms with Crippen molar-refractivity contribution in [2.75, 3.05) is 13.1 Å². The van der Waals surface area contributed by atoms with Gasteiger partial charge in [0.2, 0.25) is 5.91 Å². The number of carbonyl (C=O) groups is 2. The fraction of sp³-hybridized carbons (Fsp3) is 0.480. The Bertz CT molecular complexity index is 1090. The topological polar surface area (TPSA) is 62.6 Å². The molecule has 5 rings (SSSR count). The average molecular weight is 420 g/mol. The predicted octanol–water partition coefficient (Wildman–Crippen LogP) is 2.86. The number of pyridine rings is 1. The van der Waals surface area contributed by atoms with Gasteiger partial charge in [-0.25, -0.2) is 0 Å². The highest BCUT2D eigenvalue weighted by atomic mass is 16.2. The molecule has 0 spiro atoms. The first-order valence-corrected chi connectivity index (χ1v) is 11.3. The molecule has 1 aromatic carbocycles. The number of carbonyl (C=O) groups excluding carboxylic acids is 2. The normalized spacial score (nSPS) is 23.0. The molecule has 6 heteroatoms. The van der Waals surface area contributed by atoms with Crippen molar-refractivity contribution in [2.45, 2.75) is 51.7 Å². The van der Waals surface area contributed by atoms with Gasteiger partial charge in [-0.1, -0.05) is 38.1 Å². The number of hydrogen-bond acceptors (Lipinski definition) is 3. The lowest BCUT2D eigenvalue weighted by molar-refractivity contribution is -0.139. The minimum atomic E-state index is -0.448. The van der Waals surface area contributed by atoms with E-state index in [1.54, 1.807) is 11.0 Å². The molecule has 0 saturated carbocycles. The number of hydrogen-bond donors (Lipinski definition) is 0. The minimum absolute atomic E-state index is 0.0382. The third kappa shape index (κ3) is 3.48. The highest BCUT2D eigenvalue weighted by molar-refractivity contribution is 6.01. The third-order valence-corrected chi connectivity index (χ3v) is 7.00. The second-order valence-electron chi connectivity index (χ2n) is 9.68. The van der Waals surface area contributed by atoms with Crippen LogP contribution in [0.5, 0.6) is 0 Å². The van der Waals surface area contributed by atoms with Gasteiger partial charge < -0.3 is 14.4 Å². The highest BCUT2D eigenvalue weighted by Gasteiger charge is 2.42. The summed E-state index contributed by atoms with van der Waals surface area (Å²) in [7, 11) is 0.